The molecule has 0 radical (unpaired) electrons. The van der Waals surface area contributed by atoms with Crippen LogP contribution in [0, 0.1) is 11.8 Å². The molecule has 0 aromatic heterocycles. The zero-order valence-corrected chi connectivity index (χ0v) is 17.5. The summed E-state index contributed by atoms with van der Waals surface area (Å²) in [5.74, 6) is -0.979. The largest absolute Gasteiger partial charge is 0.277 e. The number of hydrogen-bond donors (Lipinski definition) is 0. The van der Waals surface area contributed by atoms with Gasteiger partial charge in [-0.25, -0.2) is 0 Å². The first-order chi connectivity index (χ1) is 13.8. The Morgan fingerprint density at radius 1 is 0.966 bits per heavy atom. The molecule has 3 aliphatic heterocycles. The Hall–Kier alpha value is -2.60. The molecule has 0 N–H and O–H groups in total. The van der Waals surface area contributed by atoms with Crippen LogP contribution in [0.2, 0.25) is 0 Å². The second-order valence-corrected chi connectivity index (χ2v) is 10.00. The normalized spacial score (nSPS) is 28.6. The van der Waals surface area contributed by atoms with Crippen LogP contribution in [0.4, 0.5) is 0 Å². The molecule has 29 heavy (non-hydrogen) atoms. The lowest BCUT2D eigenvalue weighted by Crippen LogP contribution is -2.50. The van der Waals surface area contributed by atoms with E-state index in [1.807, 2.05) is 86.4 Å². The van der Waals surface area contributed by atoms with Gasteiger partial charge in [-0.2, -0.15) is 5.10 Å². The first-order valence-electron chi connectivity index (χ1n) is 9.88. The highest BCUT2D eigenvalue weighted by Gasteiger charge is 2.69. The number of benzene rings is 2. The van der Waals surface area contributed by atoms with Crippen LogP contribution in [0.3, 0.4) is 0 Å². The van der Waals surface area contributed by atoms with Gasteiger partial charge in [-0.15, -0.1) is 0 Å². The number of nitrogens with zero attached hydrogens (tertiary/aromatic N) is 3. The van der Waals surface area contributed by atoms with Crippen LogP contribution >= 0.6 is 11.8 Å². The SMILES string of the molecule is CC(C)(C)N1C(=O)[C@H]2CN3N=C(c4ccccc4)S[C@@]3(c3ccccc3)[C@H]2C1=O. The molecule has 3 heterocycles. The molecular formula is C23H23N3O2S. The van der Waals surface area contributed by atoms with Gasteiger partial charge in [0.25, 0.3) is 0 Å². The number of fused-ring (bicyclic) bond motifs is 3. The first kappa shape index (κ1) is 18.4. The predicted molar refractivity (Wildman–Crippen MR) is 114 cm³/mol. The first-order valence-corrected chi connectivity index (χ1v) is 10.7. The molecule has 3 atom stereocenters. The quantitative estimate of drug-likeness (QED) is 0.716. The van der Waals surface area contributed by atoms with Gasteiger partial charge in [-0.05, 0) is 26.3 Å². The Balaban J connectivity index is 1.64. The highest BCUT2D eigenvalue weighted by Crippen LogP contribution is 2.61. The topological polar surface area (TPSA) is 53.0 Å². The minimum absolute atomic E-state index is 0.0748. The maximum atomic E-state index is 13.6. The molecule has 5 rings (SSSR count). The molecule has 0 saturated carbocycles. The molecule has 2 aromatic rings. The van der Waals surface area contributed by atoms with E-state index in [2.05, 4.69) is 0 Å². The molecule has 148 valence electrons. The van der Waals surface area contributed by atoms with E-state index < -0.39 is 16.3 Å². The van der Waals surface area contributed by atoms with Gasteiger partial charge in [-0.1, -0.05) is 72.4 Å². The highest BCUT2D eigenvalue weighted by atomic mass is 32.2. The van der Waals surface area contributed by atoms with Crippen molar-refractivity contribution in [3.8, 4) is 0 Å². The van der Waals surface area contributed by atoms with Crippen molar-refractivity contribution in [1.82, 2.24) is 9.91 Å². The minimum Gasteiger partial charge on any atom is -0.277 e. The molecule has 0 bridgehead atoms. The van der Waals surface area contributed by atoms with Crippen LogP contribution < -0.4 is 0 Å². The maximum absolute atomic E-state index is 13.6. The number of imide groups is 1. The zero-order valence-electron chi connectivity index (χ0n) is 16.7. The van der Waals surface area contributed by atoms with Crippen molar-refractivity contribution in [2.45, 2.75) is 31.2 Å². The van der Waals surface area contributed by atoms with Crippen LogP contribution in [-0.4, -0.2) is 38.9 Å². The number of carbonyl (C=O) groups excluding carboxylic acids is 2. The number of amides is 2. The van der Waals surface area contributed by atoms with Crippen LogP contribution in [-0.2, 0) is 14.5 Å². The highest BCUT2D eigenvalue weighted by molar-refractivity contribution is 8.15. The molecule has 3 aliphatic rings. The van der Waals surface area contributed by atoms with Gasteiger partial charge in [0, 0.05) is 11.1 Å². The van der Waals surface area contributed by atoms with Gasteiger partial charge in [0.15, 0.2) is 0 Å². The van der Waals surface area contributed by atoms with Crippen molar-refractivity contribution in [3.63, 3.8) is 0 Å². The minimum atomic E-state index is -0.691. The van der Waals surface area contributed by atoms with E-state index in [9.17, 15) is 9.59 Å². The summed E-state index contributed by atoms with van der Waals surface area (Å²) in [5, 5.41) is 7.78. The van der Waals surface area contributed by atoms with Crippen molar-refractivity contribution in [3.05, 3.63) is 71.8 Å². The summed E-state index contributed by atoms with van der Waals surface area (Å²) in [7, 11) is 0. The number of thioether (sulfide) groups is 1. The van der Waals surface area contributed by atoms with Crippen LogP contribution in [0.5, 0.6) is 0 Å². The molecule has 2 aromatic carbocycles. The maximum Gasteiger partial charge on any atom is 0.237 e. The number of hydrazone groups is 1. The van der Waals surface area contributed by atoms with E-state index in [-0.39, 0.29) is 17.7 Å². The number of carbonyl (C=O) groups is 2. The summed E-state index contributed by atoms with van der Waals surface area (Å²) >= 11 is 1.61. The summed E-state index contributed by atoms with van der Waals surface area (Å²) in [5.41, 5.74) is 1.51. The van der Waals surface area contributed by atoms with Gasteiger partial charge in [0.1, 0.15) is 9.91 Å². The van der Waals surface area contributed by atoms with Gasteiger partial charge in [0.2, 0.25) is 11.8 Å². The van der Waals surface area contributed by atoms with Gasteiger partial charge < -0.3 is 0 Å². The lowest BCUT2D eigenvalue weighted by molar-refractivity contribution is -0.146. The molecule has 6 heteroatoms. The zero-order chi connectivity index (χ0) is 20.4. The summed E-state index contributed by atoms with van der Waals surface area (Å²) in [6, 6.07) is 20.1. The summed E-state index contributed by atoms with van der Waals surface area (Å²) in [6.07, 6.45) is 0. The Morgan fingerprint density at radius 3 is 2.21 bits per heavy atom. The fourth-order valence-electron chi connectivity index (χ4n) is 4.77. The van der Waals surface area contributed by atoms with Gasteiger partial charge in [0.05, 0.1) is 18.4 Å². The summed E-state index contributed by atoms with van der Waals surface area (Å²) < 4.78 is 0. The van der Waals surface area contributed by atoms with E-state index in [0.29, 0.717) is 6.54 Å². The van der Waals surface area contributed by atoms with Gasteiger partial charge in [-0.3, -0.25) is 19.5 Å². The lowest BCUT2D eigenvalue weighted by Gasteiger charge is -2.37. The second kappa shape index (κ2) is 6.20. The van der Waals surface area contributed by atoms with Gasteiger partial charge >= 0.3 is 0 Å². The predicted octanol–water partition coefficient (Wildman–Crippen LogP) is 3.66. The molecule has 0 aliphatic carbocycles. The average Bonchev–Trinajstić information content (AvgIpc) is 3.29. The third-order valence-electron chi connectivity index (χ3n) is 5.94. The fourth-order valence-corrected chi connectivity index (χ4v) is 6.32. The second-order valence-electron chi connectivity index (χ2n) is 8.78. The Bertz CT molecular complexity index is 1020. The van der Waals surface area contributed by atoms with Crippen molar-refractivity contribution >= 4 is 28.6 Å². The monoisotopic (exact) mass is 405 g/mol. The Morgan fingerprint density at radius 2 is 1.59 bits per heavy atom. The third-order valence-corrected chi connectivity index (χ3v) is 7.47. The van der Waals surface area contributed by atoms with Crippen LogP contribution in [0.1, 0.15) is 31.9 Å². The van der Waals surface area contributed by atoms with Crippen molar-refractivity contribution < 1.29 is 9.59 Å². The molecule has 0 unspecified atom stereocenters. The lowest BCUT2D eigenvalue weighted by atomic mass is 9.88. The molecule has 0 spiro atoms. The Kier molecular flexibility index (Phi) is 3.94. The standard InChI is InChI=1S/C23H23N3O2S/c1-22(2,3)26-20(27)17-14-25-23(18(17)21(26)28,16-12-8-5-9-13-16)29-19(24-25)15-10-6-4-7-11-15/h4-13,17-18H,14H2,1-3H3/t17-,18+,23-/m0/s1. The summed E-state index contributed by atoms with van der Waals surface area (Å²) in [6.45, 7) is 6.22. The van der Waals surface area contributed by atoms with E-state index in [4.69, 9.17) is 5.10 Å². The number of hydrogen-bond acceptors (Lipinski definition) is 5. The van der Waals surface area contributed by atoms with E-state index in [1.165, 1.54) is 4.90 Å². The van der Waals surface area contributed by atoms with Crippen molar-refractivity contribution in [1.29, 1.82) is 0 Å². The smallest absolute Gasteiger partial charge is 0.237 e. The van der Waals surface area contributed by atoms with E-state index in [1.54, 1.807) is 11.8 Å². The van der Waals surface area contributed by atoms with E-state index in [0.717, 1.165) is 16.2 Å². The average molecular weight is 406 g/mol. The fraction of sp³-hybridized carbons (Fsp3) is 0.348. The number of rotatable bonds is 2. The molecular weight excluding hydrogens is 382 g/mol. The van der Waals surface area contributed by atoms with Crippen LogP contribution in [0.25, 0.3) is 0 Å². The van der Waals surface area contributed by atoms with Crippen molar-refractivity contribution in [2.75, 3.05) is 6.54 Å². The Labute approximate surface area is 174 Å². The van der Waals surface area contributed by atoms with Crippen LogP contribution in [0.15, 0.2) is 65.8 Å². The molecule has 2 saturated heterocycles. The summed E-state index contributed by atoms with van der Waals surface area (Å²) in [4.78, 5) is 27.6. The van der Waals surface area contributed by atoms with Crippen molar-refractivity contribution in [2.24, 2.45) is 16.9 Å². The third kappa shape index (κ3) is 2.51. The molecule has 2 amide bonds. The van der Waals surface area contributed by atoms with E-state index >= 15 is 0 Å². The molecule has 2 fully saturated rings. The molecule has 5 nitrogen and oxygen atoms in total. The number of likely N-dealkylation sites (tertiary alicyclic amines) is 1.